The molecule has 0 aromatic carbocycles. The number of imidazole rings is 1. The minimum Gasteiger partial charge on any atom is -0.395 e. The largest absolute Gasteiger partial charge is 0.395 e. The van der Waals surface area contributed by atoms with Crippen molar-refractivity contribution in [2.75, 3.05) is 19.7 Å². The molecule has 4 heteroatoms. The number of rotatable bonds is 6. The summed E-state index contributed by atoms with van der Waals surface area (Å²) in [7, 11) is 0. The Labute approximate surface area is 103 Å². The lowest BCUT2D eigenvalue weighted by Gasteiger charge is -2.34. The molecule has 1 aromatic heterocycles. The van der Waals surface area contributed by atoms with Crippen LogP contribution >= 0.6 is 0 Å². The first kappa shape index (κ1) is 12.6. The summed E-state index contributed by atoms with van der Waals surface area (Å²) < 4.78 is 2.10. The first-order valence-corrected chi connectivity index (χ1v) is 6.71. The van der Waals surface area contributed by atoms with Crippen LogP contribution in [0.5, 0.6) is 0 Å². The van der Waals surface area contributed by atoms with E-state index in [9.17, 15) is 0 Å². The van der Waals surface area contributed by atoms with Crippen LogP contribution in [0, 0.1) is 0 Å². The van der Waals surface area contributed by atoms with Gasteiger partial charge in [-0.15, -0.1) is 0 Å². The predicted octanol–water partition coefficient (Wildman–Crippen LogP) is 1.51. The zero-order valence-electron chi connectivity index (χ0n) is 10.5. The summed E-state index contributed by atoms with van der Waals surface area (Å²) in [6, 6.07) is 0.680. The molecule has 1 N–H and O–H groups in total. The van der Waals surface area contributed by atoms with Crippen LogP contribution in [-0.2, 0) is 6.54 Å². The van der Waals surface area contributed by atoms with Crippen molar-refractivity contribution in [3.8, 4) is 0 Å². The van der Waals surface area contributed by atoms with Gasteiger partial charge in [0.2, 0.25) is 0 Å². The third-order valence-electron chi connectivity index (χ3n) is 3.68. The summed E-state index contributed by atoms with van der Waals surface area (Å²) in [5, 5.41) is 9.16. The van der Waals surface area contributed by atoms with E-state index in [-0.39, 0.29) is 6.61 Å². The normalized spacial score (nSPS) is 17.8. The summed E-state index contributed by atoms with van der Waals surface area (Å²) >= 11 is 0. The van der Waals surface area contributed by atoms with Gasteiger partial charge in [0.05, 0.1) is 12.9 Å². The highest BCUT2D eigenvalue weighted by Gasteiger charge is 2.20. The molecule has 0 aliphatic heterocycles. The molecule has 4 nitrogen and oxygen atoms in total. The highest BCUT2D eigenvalue weighted by Crippen LogP contribution is 2.22. The fourth-order valence-electron chi connectivity index (χ4n) is 2.71. The van der Waals surface area contributed by atoms with Crippen molar-refractivity contribution < 1.29 is 5.11 Å². The lowest BCUT2D eigenvalue weighted by Crippen LogP contribution is -2.40. The van der Waals surface area contributed by atoms with Crippen molar-refractivity contribution in [2.24, 2.45) is 0 Å². The van der Waals surface area contributed by atoms with Gasteiger partial charge in [-0.2, -0.15) is 0 Å². The van der Waals surface area contributed by atoms with Crippen LogP contribution in [0.15, 0.2) is 18.7 Å². The van der Waals surface area contributed by atoms with E-state index >= 15 is 0 Å². The molecule has 0 bridgehead atoms. The molecule has 0 spiro atoms. The monoisotopic (exact) mass is 237 g/mol. The Kier molecular flexibility index (Phi) is 5.01. The molecule has 2 rings (SSSR count). The third-order valence-corrected chi connectivity index (χ3v) is 3.68. The molecule has 0 radical (unpaired) electrons. The van der Waals surface area contributed by atoms with E-state index in [0.717, 1.165) is 19.6 Å². The van der Waals surface area contributed by atoms with Crippen LogP contribution in [0.25, 0.3) is 0 Å². The van der Waals surface area contributed by atoms with Crippen molar-refractivity contribution in [1.82, 2.24) is 14.5 Å². The molecule has 0 saturated heterocycles. The van der Waals surface area contributed by atoms with E-state index in [0.29, 0.717) is 6.04 Å². The minimum atomic E-state index is 0.264. The molecule has 0 unspecified atom stereocenters. The number of hydrogen-bond acceptors (Lipinski definition) is 3. The van der Waals surface area contributed by atoms with Crippen LogP contribution in [-0.4, -0.2) is 45.3 Å². The molecule has 0 atom stereocenters. The maximum atomic E-state index is 9.16. The Hall–Kier alpha value is -0.870. The molecule has 0 amide bonds. The molecule has 1 heterocycles. The van der Waals surface area contributed by atoms with Gasteiger partial charge in [-0.25, -0.2) is 4.98 Å². The zero-order valence-corrected chi connectivity index (χ0v) is 10.5. The van der Waals surface area contributed by atoms with Crippen LogP contribution in [0.2, 0.25) is 0 Å². The Morgan fingerprint density at radius 3 is 2.71 bits per heavy atom. The fourth-order valence-corrected chi connectivity index (χ4v) is 2.71. The van der Waals surface area contributed by atoms with E-state index in [1.165, 1.54) is 32.1 Å². The van der Waals surface area contributed by atoms with E-state index < -0.39 is 0 Å². The van der Waals surface area contributed by atoms with Crippen LogP contribution in [0.1, 0.15) is 32.1 Å². The topological polar surface area (TPSA) is 41.3 Å². The number of nitrogens with zero attached hydrogens (tertiary/aromatic N) is 3. The van der Waals surface area contributed by atoms with Gasteiger partial charge in [0.25, 0.3) is 0 Å². The Morgan fingerprint density at radius 1 is 1.24 bits per heavy atom. The Balaban J connectivity index is 1.82. The molecule has 1 aliphatic carbocycles. The number of hydrogen-bond donors (Lipinski definition) is 1. The minimum absolute atomic E-state index is 0.264. The van der Waals surface area contributed by atoms with E-state index in [2.05, 4.69) is 14.5 Å². The molecule has 17 heavy (non-hydrogen) atoms. The van der Waals surface area contributed by atoms with Gasteiger partial charge >= 0.3 is 0 Å². The van der Waals surface area contributed by atoms with Gasteiger partial charge < -0.3 is 9.67 Å². The van der Waals surface area contributed by atoms with Crippen LogP contribution in [0.3, 0.4) is 0 Å². The van der Waals surface area contributed by atoms with Gasteiger partial charge in [-0.05, 0) is 12.8 Å². The fraction of sp³-hybridized carbons (Fsp3) is 0.769. The van der Waals surface area contributed by atoms with E-state index in [4.69, 9.17) is 5.11 Å². The van der Waals surface area contributed by atoms with Gasteiger partial charge in [-0.3, -0.25) is 4.90 Å². The standard InChI is InChI=1S/C13H23N3O/c17-11-10-16(13-4-2-1-3-5-13)9-8-15-7-6-14-12-15/h6-7,12-13,17H,1-5,8-11H2. The SMILES string of the molecule is OCCN(CCn1ccnc1)C1CCCCC1. The second kappa shape index (κ2) is 6.77. The number of aromatic nitrogens is 2. The Morgan fingerprint density at radius 2 is 2.06 bits per heavy atom. The van der Waals surface area contributed by atoms with Crippen molar-refractivity contribution >= 4 is 0 Å². The number of aliphatic hydroxyl groups excluding tert-OH is 1. The van der Waals surface area contributed by atoms with Crippen molar-refractivity contribution in [1.29, 1.82) is 0 Å². The first-order chi connectivity index (χ1) is 8.40. The maximum absolute atomic E-state index is 9.16. The highest BCUT2D eigenvalue weighted by molar-refractivity contribution is 4.78. The summed E-state index contributed by atoms with van der Waals surface area (Å²) in [5.41, 5.74) is 0. The van der Waals surface area contributed by atoms with Gasteiger partial charge in [-0.1, -0.05) is 19.3 Å². The zero-order chi connectivity index (χ0) is 11.9. The molecular formula is C13H23N3O. The molecule has 1 saturated carbocycles. The summed E-state index contributed by atoms with van der Waals surface area (Å²) in [4.78, 5) is 6.50. The molecular weight excluding hydrogens is 214 g/mol. The average Bonchev–Trinajstić information content (AvgIpc) is 2.88. The number of aliphatic hydroxyl groups is 1. The predicted molar refractivity (Wildman–Crippen MR) is 67.8 cm³/mol. The average molecular weight is 237 g/mol. The second-order valence-corrected chi connectivity index (χ2v) is 4.85. The second-order valence-electron chi connectivity index (χ2n) is 4.85. The summed E-state index contributed by atoms with van der Waals surface area (Å²) in [6.45, 7) is 3.05. The lowest BCUT2D eigenvalue weighted by molar-refractivity contribution is 0.120. The molecule has 1 aliphatic rings. The lowest BCUT2D eigenvalue weighted by atomic mass is 9.94. The van der Waals surface area contributed by atoms with Crippen LogP contribution < -0.4 is 0 Å². The van der Waals surface area contributed by atoms with Gasteiger partial charge in [0.15, 0.2) is 0 Å². The molecule has 1 aromatic rings. The quantitative estimate of drug-likeness (QED) is 0.815. The third kappa shape index (κ3) is 3.82. The Bertz CT molecular complexity index is 294. The first-order valence-electron chi connectivity index (χ1n) is 6.71. The van der Waals surface area contributed by atoms with Gasteiger partial charge in [0.1, 0.15) is 0 Å². The summed E-state index contributed by atoms with van der Waals surface area (Å²) in [6.07, 6.45) is 12.3. The van der Waals surface area contributed by atoms with Crippen LogP contribution in [0.4, 0.5) is 0 Å². The van der Waals surface area contributed by atoms with Gasteiger partial charge in [0, 0.05) is 38.1 Å². The summed E-state index contributed by atoms with van der Waals surface area (Å²) in [5.74, 6) is 0. The maximum Gasteiger partial charge on any atom is 0.0946 e. The smallest absolute Gasteiger partial charge is 0.0946 e. The van der Waals surface area contributed by atoms with Crippen molar-refractivity contribution in [3.05, 3.63) is 18.7 Å². The highest BCUT2D eigenvalue weighted by atomic mass is 16.3. The molecule has 1 fully saturated rings. The van der Waals surface area contributed by atoms with Crippen molar-refractivity contribution in [2.45, 2.75) is 44.7 Å². The van der Waals surface area contributed by atoms with Crippen molar-refractivity contribution in [3.63, 3.8) is 0 Å². The van der Waals surface area contributed by atoms with E-state index in [1.54, 1.807) is 0 Å². The van der Waals surface area contributed by atoms with E-state index in [1.807, 2.05) is 18.7 Å². The molecule has 96 valence electrons.